The van der Waals surface area contributed by atoms with E-state index in [1.807, 2.05) is 45.0 Å². The molecule has 1 aliphatic heterocycles. The molecule has 0 fully saturated rings. The first-order valence-corrected chi connectivity index (χ1v) is 9.67. The minimum absolute atomic E-state index is 0. The van der Waals surface area contributed by atoms with Crippen LogP contribution in [0.2, 0.25) is 0 Å². The molecule has 156 valence electrons. The summed E-state index contributed by atoms with van der Waals surface area (Å²) in [4.78, 5) is 39.3. The van der Waals surface area contributed by atoms with Crippen molar-refractivity contribution >= 4 is 40.9 Å². The third-order valence-corrected chi connectivity index (χ3v) is 5.76. The second-order valence-electron chi connectivity index (χ2n) is 7.90. The van der Waals surface area contributed by atoms with Crippen LogP contribution in [0.25, 0.3) is 10.8 Å². The molecule has 0 saturated carbocycles. The number of rotatable bonds is 7. The van der Waals surface area contributed by atoms with Crippen LogP contribution >= 0.6 is 12.4 Å². The lowest BCUT2D eigenvalue weighted by Gasteiger charge is -2.33. The van der Waals surface area contributed by atoms with Crippen LogP contribution in [0.15, 0.2) is 36.4 Å². The van der Waals surface area contributed by atoms with Gasteiger partial charge in [-0.3, -0.25) is 19.3 Å². The third kappa shape index (κ3) is 4.28. The Bertz CT molecular complexity index is 893. The normalized spacial score (nSPS) is 15.3. The standard InChI is InChI=1S/C22H27N3O3.ClH/c1-14(2)22(3,13-23)24-18(26)11-6-12-25-20(27)16-9-4-7-15-8-5-10-17(19(15)16)21(25)28;/h4-5,7-10,14H,6,11-13,23H2,1-3H3,(H,24,26);1H. The zero-order valence-electron chi connectivity index (χ0n) is 17.0. The Morgan fingerprint density at radius 1 is 1.10 bits per heavy atom. The van der Waals surface area contributed by atoms with Gasteiger partial charge in [-0.2, -0.15) is 0 Å². The number of imide groups is 1. The molecule has 0 spiro atoms. The smallest absolute Gasteiger partial charge is 0.261 e. The summed E-state index contributed by atoms with van der Waals surface area (Å²) < 4.78 is 0. The molecule has 0 aliphatic carbocycles. The monoisotopic (exact) mass is 417 g/mol. The summed E-state index contributed by atoms with van der Waals surface area (Å²) in [5.41, 5.74) is 6.41. The van der Waals surface area contributed by atoms with Crippen LogP contribution in [-0.4, -0.2) is 41.2 Å². The minimum atomic E-state index is -0.470. The summed E-state index contributed by atoms with van der Waals surface area (Å²) in [6.07, 6.45) is 0.630. The first kappa shape index (κ1) is 22.8. The van der Waals surface area contributed by atoms with Gasteiger partial charge in [0.2, 0.25) is 5.91 Å². The summed E-state index contributed by atoms with van der Waals surface area (Å²) in [6, 6.07) is 10.9. The van der Waals surface area contributed by atoms with E-state index in [0.717, 1.165) is 5.39 Å². The van der Waals surface area contributed by atoms with Crippen molar-refractivity contribution in [1.82, 2.24) is 10.2 Å². The number of hydrogen-bond donors (Lipinski definition) is 2. The van der Waals surface area contributed by atoms with Gasteiger partial charge in [0, 0.05) is 36.0 Å². The van der Waals surface area contributed by atoms with Gasteiger partial charge in [0.25, 0.3) is 11.8 Å². The van der Waals surface area contributed by atoms with Crippen LogP contribution in [0.5, 0.6) is 0 Å². The molecule has 0 bridgehead atoms. The van der Waals surface area contributed by atoms with Crippen LogP contribution in [-0.2, 0) is 4.79 Å². The Balaban J connectivity index is 0.00000300. The quantitative estimate of drug-likeness (QED) is 0.677. The number of nitrogens with two attached hydrogens (primary N) is 1. The lowest BCUT2D eigenvalue weighted by atomic mass is 9.88. The minimum Gasteiger partial charge on any atom is -0.349 e. The molecule has 3 N–H and O–H groups in total. The Morgan fingerprint density at radius 3 is 2.14 bits per heavy atom. The topological polar surface area (TPSA) is 92.5 Å². The second kappa shape index (κ2) is 8.93. The molecule has 1 unspecified atom stereocenters. The van der Waals surface area contributed by atoms with Crippen molar-refractivity contribution in [3.63, 3.8) is 0 Å². The number of carbonyl (C=O) groups is 3. The number of halogens is 1. The van der Waals surface area contributed by atoms with Crippen LogP contribution in [0.4, 0.5) is 0 Å². The molecule has 2 aromatic carbocycles. The van der Waals surface area contributed by atoms with E-state index in [9.17, 15) is 14.4 Å². The van der Waals surface area contributed by atoms with Crippen molar-refractivity contribution in [3.05, 3.63) is 47.5 Å². The molecule has 3 rings (SSSR count). The molecule has 29 heavy (non-hydrogen) atoms. The molecule has 0 aromatic heterocycles. The Labute approximate surface area is 177 Å². The molecule has 7 heteroatoms. The molecule has 1 aliphatic rings. The van der Waals surface area contributed by atoms with E-state index in [1.54, 1.807) is 12.1 Å². The zero-order valence-corrected chi connectivity index (χ0v) is 17.8. The van der Waals surface area contributed by atoms with Crippen molar-refractivity contribution in [2.45, 2.75) is 39.2 Å². The molecule has 3 amide bonds. The van der Waals surface area contributed by atoms with Crippen molar-refractivity contribution < 1.29 is 14.4 Å². The average molecular weight is 418 g/mol. The predicted molar refractivity (Wildman–Crippen MR) is 116 cm³/mol. The number of nitrogens with zero attached hydrogens (tertiary/aromatic N) is 1. The van der Waals surface area contributed by atoms with E-state index in [0.29, 0.717) is 29.5 Å². The summed E-state index contributed by atoms with van der Waals surface area (Å²) >= 11 is 0. The van der Waals surface area contributed by atoms with Crippen molar-refractivity contribution in [2.24, 2.45) is 11.7 Å². The van der Waals surface area contributed by atoms with Gasteiger partial charge in [-0.05, 0) is 36.8 Å². The van der Waals surface area contributed by atoms with Gasteiger partial charge in [-0.15, -0.1) is 12.4 Å². The lowest BCUT2D eigenvalue weighted by molar-refractivity contribution is -0.123. The van der Waals surface area contributed by atoms with E-state index in [4.69, 9.17) is 5.73 Å². The molecule has 6 nitrogen and oxygen atoms in total. The highest BCUT2D eigenvalue weighted by Gasteiger charge is 2.33. The van der Waals surface area contributed by atoms with Crippen LogP contribution in [0.1, 0.15) is 54.3 Å². The number of amides is 3. The Morgan fingerprint density at radius 2 is 1.66 bits per heavy atom. The van der Waals surface area contributed by atoms with E-state index in [1.165, 1.54) is 4.90 Å². The van der Waals surface area contributed by atoms with E-state index in [2.05, 4.69) is 5.32 Å². The fourth-order valence-electron chi connectivity index (χ4n) is 3.49. The van der Waals surface area contributed by atoms with Gasteiger partial charge in [0.1, 0.15) is 0 Å². The van der Waals surface area contributed by atoms with Gasteiger partial charge in [-0.25, -0.2) is 0 Å². The van der Waals surface area contributed by atoms with Crippen LogP contribution in [0, 0.1) is 5.92 Å². The largest absolute Gasteiger partial charge is 0.349 e. The Hall–Kier alpha value is -2.44. The van der Waals surface area contributed by atoms with Gasteiger partial charge in [0.15, 0.2) is 0 Å². The maximum Gasteiger partial charge on any atom is 0.261 e. The van der Waals surface area contributed by atoms with Crippen molar-refractivity contribution in [2.75, 3.05) is 13.1 Å². The summed E-state index contributed by atoms with van der Waals surface area (Å²) in [5.74, 6) is -0.530. The van der Waals surface area contributed by atoms with Crippen molar-refractivity contribution in [1.29, 1.82) is 0 Å². The number of nitrogens with one attached hydrogen (secondary N) is 1. The van der Waals surface area contributed by atoms with Crippen LogP contribution in [0.3, 0.4) is 0 Å². The molecule has 2 aromatic rings. The van der Waals surface area contributed by atoms with E-state index >= 15 is 0 Å². The molecule has 0 radical (unpaired) electrons. The van der Waals surface area contributed by atoms with Crippen LogP contribution < -0.4 is 11.1 Å². The maximum atomic E-state index is 12.8. The van der Waals surface area contributed by atoms with Gasteiger partial charge in [0.05, 0.1) is 5.54 Å². The highest BCUT2D eigenvalue weighted by atomic mass is 35.5. The lowest BCUT2D eigenvalue weighted by Crippen LogP contribution is -2.55. The maximum absolute atomic E-state index is 12.8. The second-order valence-corrected chi connectivity index (χ2v) is 7.90. The van der Waals surface area contributed by atoms with Gasteiger partial charge < -0.3 is 11.1 Å². The molecule has 1 atom stereocenters. The average Bonchev–Trinajstić information content (AvgIpc) is 2.68. The van der Waals surface area contributed by atoms with E-state index < -0.39 is 5.54 Å². The highest BCUT2D eigenvalue weighted by molar-refractivity contribution is 6.25. The molecular formula is C22H28ClN3O3. The zero-order chi connectivity index (χ0) is 20.5. The molecule has 0 saturated heterocycles. The fourth-order valence-corrected chi connectivity index (χ4v) is 3.49. The molecule has 1 heterocycles. The number of carbonyl (C=O) groups excluding carboxylic acids is 3. The summed E-state index contributed by atoms with van der Waals surface area (Å²) in [7, 11) is 0. The summed E-state index contributed by atoms with van der Waals surface area (Å²) in [5, 5.41) is 4.57. The van der Waals surface area contributed by atoms with Gasteiger partial charge in [-0.1, -0.05) is 38.1 Å². The number of hydrogen-bond acceptors (Lipinski definition) is 4. The van der Waals surface area contributed by atoms with Gasteiger partial charge >= 0.3 is 0 Å². The molecular weight excluding hydrogens is 390 g/mol. The Kier molecular flexibility index (Phi) is 7.03. The highest BCUT2D eigenvalue weighted by Crippen LogP contribution is 2.30. The fraction of sp³-hybridized carbons (Fsp3) is 0.409. The summed E-state index contributed by atoms with van der Waals surface area (Å²) in [6.45, 7) is 6.49. The third-order valence-electron chi connectivity index (χ3n) is 5.76. The first-order valence-electron chi connectivity index (χ1n) is 9.67. The van der Waals surface area contributed by atoms with Crippen molar-refractivity contribution in [3.8, 4) is 0 Å². The predicted octanol–water partition coefficient (Wildman–Crippen LogP) is 3.13. The first-order chi connectivity index (χ1) is 13.3. The number of benzene rings is 2. The SMILES string of the molecule is CC(C)C(C)(CN)NC(=O)CCCN1C(=O)c2cccc3cccc(c23)C1=O.Cl. The van der Waals surface area contributed by atoms with E-state index in [-0.39, 0.29) is 49.0 Å².